The van der Waals surface area contributed by atoms with Crippen molar-refractivity contribution in [1.29, 1.82) is 0 Å². The minimum Gasteiger partial charge on any atom is -0.459 e. The van der Waals surface area contributed by atoms with Crippen molar-refractivity contribution in [3.05, 3.63) is 36.1 Å². The second kappa shape index (κ2) is 5.82. The lowest BCUT2D eigenvalue weighted by Crippen LogP contribution is -2.17. The normalized spacial score (nSPS) is 13.1. The van der Waals surface area contributed by atoms with Gasteiger partial charge in [0.1, 0.15) is 11.3 Å². The smallest absolute Gasteiger partial charge is 0.134 e. The molecule has 1 unspecified atom stereocenters. The molecule has 0 aliphatic heterocycles. The third-order valence-corrected chi connectivity index (χ3v) is 2.54. The first-order valence-corrected chi connectivity index (χ1v) is 5.62. The van der Waals surface area contributed by atoms with Gasteiger partial charge in [0.15, 0.2) is 0 Å². The molecule has 0 fully saturated rings. The van der Waals surface area contributed by atoms with Gasteiger partial charge in [-0.1, -0.05) is 18.2 Å². The molecule has 2 N–H and O–H groups in total. The van der Waals surface area contributed by atoms with E-state index in [1.54, 1.807) is 7.11 Å². The van der Waals surface area contributed by atoms with Gasteiger partial charge in [0.2, 0.25) is 0 Å². The van der Waals surface area contributed by atoms with Crippen LogP contribution >= 0.6 is 0 Å². The van der Waals surface area contributed by atoms with Crippen molar-refractivity contribution < 1.29 is 13.9 Å². The van der Waals surface area contributed by atoms with Crippen LogP contribution in [0.1, 0.15) is 11.8 Å². The van der Waals surface area contributed by atoms with Crippen LogP contribution in [0, 0.1) is 0 Å². The summed E-state index contributed by atoms with van der Waals surface area (Å²) in [5, 5.41) is 1.06. The number of furan rings is 1. The lowest BCUT2D eigenvalue weighted by Gasteiger charge is -2.08. The zero-order chi connectivity index (χ0) is 12.1. The third kappa shape index (κ3) is 3.06. The second-order valence-electron chi connectivity index (χ2n) is 3.86. The Morgan fingerprint density at radius 3 is 2.88 bits per heavy atom. The van der Waals surface area contributed by atoms with Gasteiger partial charge in [-0.2, -0.15) is 0 Å². The lowest BCUT2D eigenvalue weighted by molar-refractivity contribution is 0.0612. The molecular weight excluding hydrogens is 218 g/mol. The average molecular weight is 235 g/mol. The molecule has 17 heavy (non-hydrogen) atoms. The number of benzene rings is 1. The monoisotopic (exact) mass is 235 g/mol. The van der Waals surface area contributed by atoms with Crippen LogP contribution in [0.2, 0.25) is 0 Å². The number of hydrogen-bond acceptors (Lipinski definition) is 4. The van der Waals surface area contributed by atoms with Crippen LogP contribution in [0.5, 0.6) is 0 Å². The Morgan fingerprint density at radius 2 is 2.12 bits per heavy atom. The van der Waals surface area contributed by atoms with E-state index in [-0.39, 0.29) is 6.04 Å². The maximum absolute atomic E-state index is 5.98. The molecule has 1 aromatic carbocycles. The minimum absolute atomic E-state index is 0.237. The fraction of sp³-hybridized carbons (Fsp3) is 0.385. The standard InChI is InChI=1S/C13H17NO3/c1-15-6-7-16-9-11(14)13-8-10-4-2-3-5-12(10)17-13/h2-5,8,11H,6-7,9,14H2,1H3. The summed E-state index contributed by atoms with van der Waals surface area (Å²) in [6, 6.07) is 9.57. The summed E-state index contributed by atoms with van der Waals surface area (Å²) in [5.74, 6) is 0.753. The summed E-state index contributed by atoms with van der Waals surface area (Å²) < 4.78 is 15.9. The molecule has 0 spiro atoms. The quantitative estimate of drug-likeness (QED) is 0.779. The number of rotatable bonds is 6. The highest BCUT2D eigenvalue weighted by Crippen LogP contribution is 2.22. The molecule has 0 amide bonds. The zero-order valence-corrected chi connectivity index (χ0v) is 9.89. The SMILES string of the molecule is COCCOCC(N)c1cc2ccccc2o1. The van der Waals surface area contributed by atoms with Gasteiger partial charge in [-0.25, -0.2) is 0 Å². The molecule has 0 aliphatic rings. The Kier molecular flexibility index (Phi) is 4.14. The van der Waals surface area contributed by atoms with E-state index in [4.69, 9.17) is 19.6 Å². The summed E-state index contributed by atoms with van der Waals surface area (Å²) in [7, 11) is 1.64. The van der Waals surface area contributed by atoms with Crippen LogP contribution in [0.15, 0.2) is 34.7 Å². The molecule has 0 saturated carbocycles. The third-order valence-electron chi connectivity index (χ3n) is 2.54. The highest BCUT2D eigenvalue weighted by atomic mass is 16.5. The molecule has 1 heterocycles. The Bertz CT molecular complexity index is 433. The van der Waals surface area contributed by atoms with Crippen LogP contribution in [0.25, 0.3) is 11.0 Å². The highest BCUT2D eigenvalue weighted by molar-refractivity contribution is 5.77. The maximum Gasteiger partial charge on any atom is 0.134 e. The lowest BCUT2D eigenvalue weighted by atomic mass is 10.2. The average Bonchev–Trinajstić information content (AvgIpc) is 2.78. The van der Waals surface area contributed by atoms with E-state index >= 15 is 0 Å². The number of hydrogen-bond donors (Lipinski definition) is 1. The summed E-state index contributed by atoms with van der Waals surface area (Å²) in [6.45, 7) is 1.56. The van der Waals surface area contributed by atoms with E-state index in [0.29, 0.717) is 19.8 Å². The Labute approximate surface area is 100 Å². The van der Waals surface area contributed by atoms with Crippen LogP contribution in [0.3, 0.4) is 0 Å². The van der Waals surface area contributed by atoms with Gasteiger partial charge in [0.25, 0.3) is 0 Å². The summed E-state index contributed by atoms with van der Waals surface area (Å²) >= 11 is 0. The molecule has 0 aliphatic carbocycles. The van der Waals surface area contributed by atoms with Crippen molar-refractivity contribution in [3.63, 3.8) is 0 Å². The summed E-state index contributed by atoms with van der Waals surface area (Å²) in [5.41, 5.74) is 6.84. The highest BCUT2D eigenvalue weighted by Gasteiger charge is 2.11. The summed E-state index contributed by atoms with van der Waals surface area (Å²) in [6.07, 6.45) is 0. The molecule has 0 radical (unpaired) electrons. The minimum atomic E-state index is -0.237. The van der Waals surface area contributed by atoms with Crippen molar-refractivity contribution in [2.45, 2.75) is 6.04 Å². The Morgan fingerprint density at radius 1 is 1.29 bits per heavy atom. The van der Waals surface area contributed by atoms with Crippen molar-refractivity contribution in [3.8, 4) is 0 Å². The molecule has 1 aromatic heterocycles. The number of methoxy groups -OCH3 is 1. The Hall–Kier alpha value is -1.36. The van der Waals surface area contributed by atoms with Crippen LogP contribution < -0.4 is 5.73 Å². The molecule has 0 saturated heterocycles. The van der Waals surface area contributed by atoms with Gasteiger partial charge in [-0.3, -0.25) is 0 Å². The first-order valence-electron chi connectivity index (χ1n) is 5.62. The van der Waals surface area contributed by atoms with Crippen molar-refractivity contribution >= 4 is 11.0 Å². The number of fused-ring (bicyclic) bond motifs is 1. The van der Waals surface area contributed by atoms with E-state index in [1.807, 2.05) is 30.3 Å². The van der Waals surface area contributed by atoms with Gasteiger partial charge in [0, 0.05) is 12.5 Å². The predicted octanol–water partition coefficient (Wildman–Crippen LogP) is 2.10. The molecule has 2 rings (SSSR count). The van der Waals surface area contributed by atoms with Gasteiger partial charge < -0.3 is 19.6 Å². The van der Waals surface area contributed by atoms with E-state index in [0.717, 1.165) is 16.7 Å². The molecule has 4 nitrogen and oxygen atoms in total. The van der Waals surface area contributed by atoms with E-state index in [1.165, 1.54) is 0 Å². The summed E-state index contributed by atoms with van der Waals surface area (Å²) in [4.78, 5) is 0. The molecule has 1 atom stereocenters. The molecule has 0 bridgehead atoms. The number of nitrogens with two attached hydrogens (primary N) is 1. The van der Waals surface area contributed by atoms with E-state index < -0.39 is 0 Å². The molecule has 4 heteroatoms. The van der Waals surface area contributed by atoms with Crippen LogP contribution in [0.4, 0.5) is 0 Å². The first-order chi connectivity index (χ1) is 8.31. The fourth-order valence-electron chi connectivity index (χ4n) is 1.62. The zero-order valence-electron chi connectivity index (χ0n) is 9.89. The number of para-hydroxylation sites is 1. The van der Waals surface area contributed by atoms with E-state index in [2.05, 4.69) is 0 Å². The van der Waals surface area contributed by atoms with E-state index in [9.17, 15) is 0 Å². The topological polar surface area (TPSA) is 57.6 Å². The molecular formula is C13H17NO3. The van der Waals surface area contributed by atoms with Crippen molar-refractivity contribution in [2.24, 2.45) is 5.73 Å². The van der Waals surface area contributed by atoms with Crippen molar-refractivity contribution in [1.82, 2.24) is 0 Å². The van der Waals surface area contributed by atoms with Gasteiger partial charge >= 0.3 is 0 Å². The Balaban J connectivity index is 1.96. The van der Waals surface area contributed by atoms with Gasteiger partial charge in [-0.05, 0) is 12.1 Å². The van der Waals surface area contributed by atoms with Crippen LogP contribution in [-0.2, 0) is 9.47 Å². The first kappa shape index (κ1) is 12.1. The van der Waals surface area contributed by atoms with Crippen LogP contribution in [-0.4, -0.2) is 26.9 Å². The second-order valence-corrected chi connectivity index (χ2v) is 3.86. The predicted molar refractivity (Wildman–Crippen MR) is 65.8 cm³/mol. The van der Waals surface area contributed by atoms with Gasteiger partial charge in [0.05, 0.1) is 25.9 Å². The van der Waals surface area contributed by atoms with Crippen molar-refractivity contribution in [2.75, 3.05) is 26.9 Å². The van der Waals surface area contributed by atoms with Gasteiger partial charge in [-0.15, -0.1) is 0 Å². The maximum atomic E-state index is 5.98. The molecule has 92 valence electrons. The largest absolute Gasteiger partial charge is 0.459 e. The fourth-order valence-corrected chi connectivity index (χ4v) is 1.62. The number of ether oxygens (including phenoxy) is 2. The molecule has 2 aromatic rings.